The lowest BCUT2D eigenvalue weighted by Gasteiger charge is -2.21. The standard InChI is InChI=1S/C32H29ClF4N6O3/c1-39-23-10-12-40-30(41-16-17-4-6-19(45-2)15-26(17)46-3)27(23)29(38)21-7-9-25-20(28(21)33)11-13-43(25)31(44)42-24-14-18(32(35,36)37)5-8-22(24)34/h4-10,12,14-15,38H,11,13,16H2,1-3H3,(H,42,44)(H2,39,40,41). The minimum atomic E-state index is -4.71. The van der Waals surface area contributed by atoms with Crippen LogP contribution in [0.5, 0.6) is 11.5 Å². The molecule has 0 saturated heterocycles. The highest BCUT2D eigenvalue weighted by molar-refractivity contribution is 6.37. The molecule has 5 rings (SSSR count). The number of benzene rings is 3. The summed E-state index contributed by atoms with van der Waals surface area (Å²) in [6.07, 6.45) is -2.80. The topological polar surface area (TPSA) is 112 Å². The number of nitrogens with zero attached hydrogens (tertiary/aromatic N) is 2. The number of urea groups is 1. The van der Waals surface area contributed by atoms with E-state index in [0.29, 0.717) is 76.5 Å². The Morgan fingerprint density at radius 1 is 1.07 bits per heavy atom. The lowest BCUT2D eigenvalue weighted by molar-refractivity contribution is -0.137. The number of pyridine rings is 1. The van der Waals surface area contributed by atoms with Gasteiger partial charge in [0.25, 0.3) is 0 Å². The Hall–Kier alpha value is -5.04. The number of nitrogens with one attached hydrogen (secondary N) is 4. The fraction of sp³-hybridized carbons (Fsp3) is 0.219. The van der Waals surface area contributed by atoms with E-state index < -0.39 is 29.3 Å². The summed E-state index contributed by atoms with van der Waals surface area (Å²) < 4.78 is 64.6. The van der Waals surface area contributed by atoms with Gasteiger partial charge in [-0.05, 0) is 60.5 Å². The van der Waals surface area contributed by atoms with Crippen molar-refractivity contribution >= 4 is 46.2 Å². The van der Waals surface area contributed by atoms with Crippen LogP contribution in [0.15, 0.2) is 60.8 Å². The highest BCUT2D eigenvalue weighted by Crippen LogP contribution is 2.39. The molecule has 0 bridgehead atoms. The molecule has 9 nitrogen and oxygen atoms in total. The number of amides is 2. The Balaban J connectivity index is 1.41. The maximum Gasteiger partial charge on any atom is 0.416 e. The first-order valence-electron chi connectivity index (χ1n) is 13.9. The van der Waals surface area contributed by atoms with E-state index in [9.17, 15) is 27.8 Å². The number of anilines is 4. The molecule has 46 heavy (non-hydrogen) atoms. The summed E-state index contributed by atoms with van der Waals surface area (Å²) in [4.78, 5) is 18.8. The van der Waals surface area contributed by atoms with E-state index in [1.54, 1.807) is 51.7 Å². The van der Waals surface area contributed by atoms with Gasteiger partial charge in [0, 0.05) is 49.2 Å². The molecule has 0 aliphatic carbocycles. The van der Waals surface area contributed by atoms with Crippen molar-refractivity contribution in [3.8, 4) is 11.5 Å². The van der Waals surface area contributed by atoms with Gasteiger partial charge in [-0.15, -0.1) is 0 Å². The van der Waals surface area contributed by atoms with Crippen molar-refractivity contribution in [2.45, 2.75) is 19.1 Å². The van der Waals surface area contributed by atoms with E-state index in [1.165, 1.54) is 4.90 Å². The van der Waals surface area contributed by atoms with Crippen LogP contribution in [0.25, 0.3) is 0 Å². The number of alkyl halides is 3. The Bertz CT molecular complexity index is 1820. The van der Waals surface area contributed by atoms with Crippen LogP contribution < -0.4 is 30.3 Å². The number of carbonyl (C=O) groups excluding carboxylic acids is 1. The number of halogens is 5. The van der Waals surface area contributed by atoms with Crippen LogP contribution in [0.3, 0.4) is 0 Å². The summed E-state index contributed by atoms with van der Waals surface area (Å²) in [7, 11) is 4.84. The third-order valence-electron chi connectivity index (χ3n) is 7.56. The summed E-state index contributed by atoms with van der Waals surface area (Å²) in [5, 5.41) is 18.0. The van der Waals surface area contributed by atoms with Crippen LogP contribution in [0, 0.1) is 11.2 Å². The lowest BCUT2D eigenvalue weighted by atomic mass is 9.98. The zero-order chi connectivity index (χ0) is 33.2. The Morgan fingerprint density at radius 2 is 1.85 bits per heavy atom. The quantitative estimate of drug-likeness (QED) is 0.109. The molecule has 0 radical (unpaired) electrons. The third kappa shape index (κ3) is 6.36. The summed E-state index contributed by atoms with van der Waals surface area (Å²) in [5.41, 5.74) is 1.61. The first kappa shape index (κ1) is 32.4. The largest absolute Gasteiger partial charge is 0.497 e. The molecule has 1 aliphatic heterocycles. The van der Waals surface area contributed by atoms with Crippen molar-refractivity contribution in [2.75, 3.05) is 48.7 Å². The van der Waals surface area contributed by atoms with Gasteiger partial charge < -0.3 is 25.4 Å². The Kier molecular flexibility index (Phi) is 9.24. The maximum atomic E-state index is 14.3. The van der Waals surface area contributed by atoms with Gasteiger partial charge in [0.2, 0.25) is 0 Å². The number of aromatic nitrogens is 1. The number of fused-ring (bicyclic) bond motifs is 1. The van der Waals surface area contributed by atoms with Gasteiger partial charge in [-0.25, -0.2) is 14.2 Å². The van der Waals surface area contributed by atoms with Gasteiger partial charge in [0.1, 0.15) is 23.1 Å². The van der Waals surface area contributed by atoms with Crippen LogP contribution in [0.1, 0.15) is 27.8 Å². The van der Waals surface area contributed by atoms with E-state index in [0.717, 1.165) is 5.56 Å². The molecule has 0 atom stereocenters. The molecule has 14 heteroatoms. The third-order valence-corrected chi connectivity index (χ3v) is 7.99. The predicted molar refractivity (Wildman–Crippen MR) is 170 cm³/mol. The second-order valence-corrected chi connectivity index (χ2v) is 10.6. The van der Waals surface area contributed by atoms with E-state index in [2.05, 4.69) is 20.9 Å². The van der Waals surface area contributed by atoms with E-state index in [-0.39, 0.29) is 17.3 Å². The van der Waals surface area contributed by atoms with E-state index in [1.807, 2.05) is 12.1 Å². The van der Waals surface area contributed by atoms with Crippen LogP contribution >= 0.6 is 11.6 Å². The predicted octanol–water partition coefficient (Wildman–Crippen LogP) is 7.57. The molecule has 0 fully saturated rings. The molecule has 240 valence electrons. The van der Waals surface area contributed by atoms with Crippen molar-refractivity contribution in [3.63, 3.8) is 0 Å². The van der Waals surface area contributed by atoms with Gasteiger partial charge >= 0.3 is 12.2 Å². The summed E-state index contributed by atoms with van der Waals surface area (Å²) >= 11 is 6.84. The fourth-order valence-corrected chi connectivity index (χ4v) is 5.55. The van der Waals surface area contributed by atoms with E-state index in [4.69, 9.17) is 21.1 Å². The summed E-state index contributed by atoms with van der Waals surface area (Å²) in [6.45, 7) is 0.464. The molecule has 2 heterocycles. The number of rotatable bonds is 9. The number of carbonyl (C=O) groups is 1. The molecule has 2 amide bonds. The molecule has 0 saturated carbocycles. The van der Waals surface area contributed by atoms with Crippen molar-refractivity contribution in [2.24, 2.45) is 0 Å². The lowest BCUT2D eigenvalue weighted by Crippen LogP contribution is -2.33. The normalized spacial score (nSPS) is 12.4. The molecule has 3 aromatic carbocycles. The molecule has 4 N–H and O–H groups in total. The van der Waals surface area contributed by atoms with Crippen molar-refractivity contribution in [1.82, 2.24) is 4.98 Å². The zero-order valence-electron chi connectivity index (χ0n) is 24.9. The summed E-state index contributed by atoms with van der Waals surface area (Å²) in [6, 6.07) is 11.3. The number of ether oxygens (including phenoxy) is 2. The Morgan fingerprint density at radius 3 is 2.54 bits per heavy atom. The zero-order valence-corrected chi connectivity index (χ0v) is 25.7. The van der Waals surface area contributed by atoms with Gasteiger partial charge in [0.05, 0.1) is 47.5 Å². The van der Waals surface area contributed by atoms with Gasteiger partial charge in [-0.3, -0.25) is 10.3 Å². The minimum Gasteiger partial charge on any atom is -0.497 e. The van der Waals surface area contributed by atoms with Crippen LogP contribution in [0.4, 0.5) is 45.2 Å². The second-order valence-electron chi connectivity index (χ2n) is 10.2. The maximum absolute atomic E-state index is 14.3. The number of methoxy groups -OCH3 is 2. The Labute approximate surface area is 267 Å². The highest BCUT2D eigenvalue weighted by Gasteiger charge is 2.33. The smallest absolute Gasteiger partial charge is 0.416 e. The van der Waals surface area contributed by atoms with Crippen molar-refractivity contribution < 1.29 is 31.8 Å². The van der Waals surface area contributed by atoms with Crippen molar-refractivity contribution in [1.29, 1.82) is 5.41 Å². The fourth-order valence-electron chi connectivity index (χ4n) is 5.20. The van der Waals surface area contributed by atoms with Crippen LogP contribution in [-0.2, 0) is 19.1 Å². The molecular weight excluding hydrogens is 628 g/mol. The first-order valence-corrected chi connectivity index (χ1v) is 14.3. The monoisotopic (exact) mass is 656 g/mol. The molecule has 0 spiro atoms. The van der Waals surface area contributed by atoms with Crippen molar-refractivity contribution in [3.05, 3.63) is 99.5 Å². The molecule has 1 aliphatic rings. The van der Waals surface area contributed by atoms with Gasteiger partial charge in [-0.1, -0.05) is 11.6 Å². The van der Waals surface area contributed by atoms with Crippen LogP contribution in [0.2, 0.25) is 5.02 Å². The van der Waals surface area contributed by atoms with Gasteiger partial charge in [0.15, 0.2) is 0 Å². The second kappa shape index (κ2) is 13.1. The number of hydrogen-bond donors (Lipinski definition) is 4. The number of hydrogen-bond acceptors (Lipinski definition) is 7. The van der Waals surface area contributed by atoms with Gasteiger partial charge in [-0.2, -0.15) is 13.2 Å². The molecule has 0 unspecified atom stereocenters. The first-order chi connectivity index (χ1) is 22.0. The average Bonchev–Trinajstić information content (AvgIpc) is 3.49. The van der Waals surface area contributed by atoms with Crippen LogP contribution in [-0.4, -0.2) is 44.5 Å². The SMILES string of the molecule is CNc1ccnc(NCc2ccc(OC)cc2OC)c1C(=N)c1ccc2c(c1Cl)CCN2C(=O)Nc1cc(C(F)(F)F)ccc1F. The van der Waals surface area contributed by atoms with E-state index >= 15 is 0 Å². The molecule has 4 aromatic rings. The molecular formula is C32H29ClF4N6O3. The summed E-state index contributed by atoms with van der Waals surface area (Å²) in [5.74, 6) is 0.660. The molecule has 1 aromatic heterocycles. The minimum absolute atomic E-state index is 0.0587. The average molecular weight is 657 g/mol. The highest BCUT2D eigenvalue weighted by atomic mass is 35.5.